The van der Waals surface area contributed by atoms with E-state index in [-0.39, 0.29) is 5.41 Å². The molecule has 42 heavy (non-hydrogen) atoms. The van der Waals surface area contributed by atoms with Crippen LogP contribution in [0.3, 0.4) is 0 Å². The molecule has 0 aliphatic heterocycles. The van der Waals surface area contributed by atoms with Gasteiger partial charge in [-0.15, -0.1) is 0 Å². The second kappa shape index (κ2) is 11.7. The van der Waals surface area contributed by atoms with Gasteiger partial charge in [0.05, 0.1) is 6.61 Å². The fraction of sp³-hybridized carbons (Fsp3) is 0.486. The van der Waals surface area contributed by atoms with Gasteiger partial charge in [0.25, 0.3) is 0 Å². The third kappa shape index (κ3) is 5.39. The topological polar surface area (TPSA) is 71.5 Å². The summed E-state index contributed by atoms with van der Waals surface area (Å²) >= 11 is 13.0. The monoisotopic (exact) mass is 606 g/mol. The molecule has 1 heterocycles. The van der Waals surface area contributed by atoms with Crippen LogP contribution in [0.1, 0.15) is 87.1 Å². The van der Waals surface area contributed by atoms with Gasteiger partial charge in [-0.25, -0.2) is 4.79 Å². The van der Waals surface area contributed by atoms with Gasteiger partial charge in [-0.2, -0.15) is 0 Å². The molecular formula is C35H40Cl2N2O3. The van der Waals surface area contributed by atoms with Crippen molar-refractivity contribution < 1.29 is 14.6 Å². The predicted octanol–water partition coefficient (Wildman–Crippen LogP) is 8.85. The van der Waals surface area contributed by atoms with Crippen LogP contribution in [-0.4, -0.2) is 28.2 Å². The number of benzene rings is 2. The third-order valence-corrected chi connectivity index (χ3v) is 10.9. The average Bonchev–Trinajstić information content (AvgIpc) is 3.26. The number of fused-ring (bicyclic) bond motifs is 3. The molecule has 6 rings (SSSR count). The van der Waals surface area contributed by atoms with Crippen molar-refractivity contribution in [2.45, 2.75) is 88.5 Å². The summed E-state index contributed by atoms with van der Waals surface area (Å²) in [5, 5.41) is 15.2. The summed E-state index contributed by atoms with van der Waals surface area (Å²) < 4.78 is 6.50. The number of hydrogen-bond donors (Lipinski definition) is 2. The number of nitrogens with one attached hydrogen (secondary N) is 1. The van der Waals surface area contributed by atoms with Gasteiger partial charge in [-0.3, -0.25) is 4.98 Å². The number of nitrogens with zero attached hydrogens (tertiary/aromatic N) is 1. The normalized spacial score (nSPS) is 27.2. The average molecular weight is 608 g/mol. The highest BCUT2D eigenvalue weighted by Gasteiger charge is 2.54. The number of aliphatic carboxylic acids is 1. The van der Waals surface area contributed by atoms with Gasteiger partial charge < -0.3 is 15.2 Å². The molecule has 1 fully saturated rings. The van der Waals surface area contributed by atoms with Gasteiger partial charge in [-0.05, 0) is 122 Å². The molecule has 0 bridgehead atoms. The third-order valence-electron chi connectivity index (χ3n) is 10.3. The quantitative estimate of drug-likeness (QED) is 0.268. The number of carboxylic acid groups (broad SMARTS) is 1. The molecule has 0 unspecified atom stereocenters. The van der Waals surface area contributed by atoms with Crippen molar-refractivity contribution in [3.63, 3.8) is 0 Å². The maximum atomic E-state index is 12.7. The fourth-order valence-corrected chi connectivity index (χ4v) is 8.54. The minimum absolute atomic E-state index is 0.103. The summed E-state index contributed by atoms with van der Waals surface area (Å²) in [6, 6.07) is 15.6. The van der Waals surface area contributed by atoms with Crippen LogP contribution >= 0.6 is 23.2 Å². The molecule has 1 spiro atoms. The lowest BCUT2D eigenvalue weighted by atomic mass is 9.59. The SMILES string of the molecule is C[C@@H](COc1ccnc2c1[C@H](C)CCC2)C[C@@H]1Cc2c(Cl)cccc2C12CCC(Nc1cccc(Cl)c1)(C(=O)O)CC2. The van der Waals surface area contributed by atoms with Gasteiger partial charge in [-0.1, -0.05) is 55.2 Å². The van der Waals surface area contributed by atoms with E-state index in [1.807, 2.05) is 30.5 Å². The molecule has 2 N–H and O–H groups in total. The fourth-order valence-electron chi connectivity index (χ4n) is 8.09. The molecule has 3 aliphatic carbocycles. The molecule has 3 aliphatic rings. The number of aryl methyl sites for hydroxylation is 1. The lowest BCUT2D eigenvalue weighted by molar-refractivity contribution is -0.144. The Morgan fingerprint density at radius 3 is 2.69 bits per heavy atom. The first kappa shape index (κ1) is 29.3. The molecule has 3 atom stereocenters. The summed E-state index contributed by atoms with van der Waals surface area (Å²) in [4.78, 5) is 17.4. The van der Waals surface area contributed by atoms with E-state index in [9.17, 15) is 9.90 Å². The molecule has 1 saturated carbocycles. The van der Waals surface area contributed by atoms with Crippen molar-refractivity contribution in [1.82, 2.24) is 4.98 Å². The molecule has 1 aromatic heterocycles. The van der Waals surface area contributed by atoms with E-state index in [1.54, 1.807) is 12.1 Å². The summed E-state index contributed by atoms with van der Waals surface area (Å²) in [7, 11) is 0. The predicted molar refractivity (Wildman–Crippen MR) is 169 cm³/mol. The number of rotatable bonds is 8. The van der Waals surface area contributed by atoms with Crippen molar-refractivity contribution in [3.05, 3.63) is 87.2 Å². The molecule has 2 aromatic carbocycles. The van der Waals surface area contributed by atoms with Crippen LogP contribution in [0, 0.1) is 11.8 Å². The molecule has 0 radical (unpaired) electrons. The first-order chi connectivity index (χ1) is 20.2. The summed E-state index contributed by atoms with van der Waals surface area (Å²) in [6.45, 7) is 5.20. The Labute approximate surface area is 259 Å². The number of halogens is 2. The van der Waals surface area contributed by atoms with Crippen LogP contribution in [0.2, 0.25) is 10.0 Å². The Bertz CT molecular complexity index is 1470. The lowest BCUT2D eigenvalue weighted by Gasteiger charge is -2.47. The van der Waals surface area contributed by atoms with E-state index in [4.69, 9.17) is 27.9 Å². The van der Waals surface area contributed by atoms with E-state index in [2.05, 4.69) is 36.3 Å². The standard InChI is InChI=1S/C35H40Cl2N2O3/c1-22(21-42-31-12-17-38-30-11-3-6-23(2)32(30)31)18-24-19-27-28(9-5-10-29(27)37)34(24)13-15-35(16-14-34,33(40)41)39-26-8-4-7-25(36)20-26/h4-5,7-10,12,17,20,22-24,39H,3,6,11,13-16,18-19,21H2,1-2H3,(H,40,41)/t22-,23-,24-,34?,35?/m1/s1. The summed E-state index contributed by atoms with van der Waals surface area (Å²) in [6.07, 6.45) is 9.83. The van der Waals surface area contributed by atoms with Crippen LogP contribution in [-0.2, 0) is 23.1 Å². The first-order valence-electron chi connectivity index (χ1n) is 15.4. The first-order valence-corrected chi connectivity index (χ1v) is 16.1. The number of aromatic nitrogens is 1. The van der Waals surface area contributed by atoms with Crippen molar-refractivity contribution in [2.75, 3.05) is 11.9 Å². The zero-order valence-electron chi connectivity index (χ0n) is 24.5. The number of pyridine rings is 1. The summed E-state index contributed by atoms with van der Waals surface area (Å²) in [5.74, 6) is 1.35. The number of ether oxygens (including phenoxy) is 1. The maximum Gasteiger partial charge on any atom is 0.329 e. The Morgan fingerprint density at radius 2 is 1.93 bits per heavy atom. The van der Waals surface area contributed by atoms with Crippen molar-refractivity contribution >= 4 is 34.9 Å². The molecule has 3 aromatic rings. The highest BCUT2D eigenvalue weighted by molar-refractivity contribution is 6.31. The van der Waals surface area contributed by atoms with Crippen LogP contribution < -0.4 is 10.1 Å². The van der Waals surface area contributed by atoms with Gasteiger partial charge in [0, 0.05) is 33.2 Å². The van der Waals surface area contributed by atoms with E-state index >= 15 is 0 Å². The molecule has 0 amide bonds. The van der Waals surface area contributed by atoms with Crippen molar-refractivity contribution in [3.8, 4) is 5.75 Å². The molecule has 222 valence electrons. The Kier molecular flexibility index (Phi) is 8.19. The Balaban J connectivity index is 1.21. The summed E-state index contributed by atoms with van der Waals surface area (Å²) in [5.41, 5.74) is 4.63. The van der Waals surface area contributed by atoms with Crippen molar-refractivity contribution in [1.29, 1.82) is 0 Å². The molecule has 0 saturated heterocycles. The van der Waals surface area contributed by atoms with Gasteiger partial charge in [0.2, 0.25) is 0 Å². The number of carbonyl (C=O) groups is 1. The van der Waals surface area contributed by atoms with Crippen LogP contribution in [0.5, 0.6) is 5.75 Å². The maximum absolute atomic E-state index is 12.7. The van der Waals surface area contributed by atoms with Crippen LogP contribution in [0.25, 0.3) is 0 Å². The van der Waals surface area contributed by atoms with Crippen LogP contribution in [0.4, 0.5) is 5.69 Å². The van der Waals surface area contributed by atoms with E-state index in [0.29, 0.717) is 42.2 Å². The second-order valence-electron chi connectivity index (χ2n) is 13.0. The minimum Gasteiger partial charge on any atom is -0.493 e. The van der Waals surface area contributed by atoms with Gasteiger partial charge in [0.1, 0.15) is 11.3 Å². The smallest absolute Gasteiger partial charge is 0.329 e. The zero-order valence-corrected chi connectivity index (χ0v) is 26.0. The van der Waals surface area contributed by atoms with E-state index in [0.717, 1.165) is 48.6 Å². The van der Waals surface area contributed by atoms with E-state index < -0.39 is 11.5 Å². The van der Waals surface area contributed by atoms with E-state index in [1.165, 1.54) is 35.2 Å². The molecule has 5 nitrogen and oxygen atoms in total. The number of carboxylic acids is 1. The lowest BCUT2D eigenvalue weighted by Crippen LogP contribution is -2.53. The molecular weight excluding hydrogens is 567 g/mol. The zero-order chi connectivity index (χ0) is 29.5. The van der Waals surface area contributed by atoms with Crippen LogP contribution in [0.15, 0.2) is 54.7 Å². The highest BCUT2D eigenvalue weighted by Crippen LogP contribution is 2.57. The second-order valence-corrected chi connectivity index (χ2v) is 13.8. The number of hydrogen-bond acceptors (Lipinski definition) is 4. The molecule has 7 heteroatoms. The number of anilines is 1. The Hall–Kier alpha value is -2.76. The van der Waals surface area contributed by atoms with Gasteiger partial charge >= 0.3 is 5.97 Å². The van der Waals surface area contributed by atoms with Gasteiger partial charge in [0.15, 0.2) is 0 Å². The van der Waals surface area contributed by atoms with Crippen molar-refractivity contribution in [2.24, 2.45) is 11.8 Å². The Morgan fingerprint density at radius 1 is 1.14 bits per heavy atom. The highest BCUT2D eigenvalue weighted by atomic mass is 35.5. The minimum atomic E-state index is -1.03. The largest absolute Gasteiger partial charge is 0.493 e.